The minimum absolute atomic E-state index is 0.0268. The standard InChI is InChI=1S/C19H25N5O3/c1-12-9-14-15(22(3)18(27)21(14)2)10-13(12)11-24-7-5-19(6-8-24)16(25)23(4)17(26)20-19/h9-10H,5-8,11H2,1-4H3,(H,20,26). The predicted octanol–water partition coefficient (Wildman–Crippen LogP) is 0.702. The summed E-state index contributed by atoms with van der Waals surface area (Å²) in [7, 11) is 5.11. The third-order valence-corrected chi connectivity index (χ3v) is 6.20. The molecular weight excluding hydrogens is 346 g/mol. The van der Waals surface area contributed by atoms with E-state index in [1.807, 2.05) is 0 Å². The molecule has 1 N–H and O–H groups in total. The van der Waals surface area contributed by atoms with Crippen molar-refractivity contribution in [2.24, 2.45) is 14.1 Å². The van der Waals surface area contributed by atoms with Gasteiger partial charge in [-0.2, -0.15) is 0 Å². The maximum absolute atomic E-state index is 12.4. The van der Waals surface area contributed by atoms with Crippen LogP contribution in [0.15, 0.2) is 16.9 Å². The van der Waals surface area contributed by atoms with Gasteiger partial charge in [-0.15, -0.1) is 0 Å². The summed E-state index contributed by atoms with van der Waals surface area (Å²) in [6.07, 6.45) is 1.24. The van der Waals surface area contributed by atoms with Gasteiger partial charge in [-0.1, -0.05) is 0 Å². The summed E-state index contributed by atoms with van der Waals surface area (Å²) in [6, 6.07) is 3.85. The van der Waals surface area contributed by atoms with Crippen molar-refractivity contribution in [2.45, 2.75) is 31.8 Å². The fraction of sp³-hybridized carbons (Fsp3) is 0.526. The first kappa shape index (κ1) is 17.8. The zero-order valence-electron chi connectivity index (χ0n) is 16.2. The van der Waals surface area contributed by atoms with Crippen molar-refractivity contribution >= 4 is 23.0 Å². The predicted molar refractivity (Wildman–Crippen MR) is 101 cm³/mol. The van der Waals surface area contributed by atoms with E-state index in [2.05, 4.69) is 29.3 Å². The number of carbonyl (C=O) groups excluding carboxylic acids is 2. The third-order valence-electron chi connectivity index (χ3n) is 6.20. The van der Waals surface area contributed by atoms with E-state index in [1.54, 1.807) is 23.2 Å². The second-order valence-corrected chi connectivity index (χ2v) is 7.82. The highest BCUT2D eigenvalue weighted by Crippen LogP contribution is 2.30. The summed E-state index contributed by atoms with van der Waals surface area (Å²) in [5, 5.41) is 2.88. The fourth-order valence-electron chi connectivity index (χ4n) is 4.29. The van der Waals surface area contributed by atoms with Crippen LogP contribution in [0.3, 0.4) is 0 Å². The molecular formula is C19H25N5O3. The van der Waals surface area contributed by atoms with Gasteiger partial charge in [0.05, 0.1) is 11.0 Å². The molecule has 3 heterocycles. The normalized spacial score (nSPS) is 20.1. The Morgan fingerprint density at radius 1 is 1.00 bits per heavy atom. The average Bonchev–Trinajstić information content (AvgIpc) is 2.98. The monoisotopic (exact) mass is 371 g/mol. The summed E-state index contributed by atoms with van der Waals surface area (Å²) in [6.45, 7) is 4.31. The van der Waals surface area contributed by atoms with Crippen molar-refractivity contribution in [3.63, 3.8) is 0 Å². The molecule has 8 heteroatoms. The maximum atomic E-state index is 12.4. The number of rotatable bonds is 2. The van der Waals surface area contributed by atoms with E-state index in [-0.39, 0.29) is 17.6 Å². The molecule has 144 valence electrons. The zero-order chi connectivity index (χ0) is 19.5. The number of hydrogen-bond acceptors (Lipinski definition) is 4. The number of nitrogens with one attached hydrogen (secondary N) is 1. The van der Waals surface area contributed by atoms with E-state index in [9.17, 15) is 14.4 Å². The molecule has 0 bridgehead atoms. The molecule has 0 aliphatic carbocycles. The Kier molecular flexibility index (Phi) is 3.92. The number of fused-ring (bicyclic) bond motifs is 1. The van der Waals surface area contributed by atoms with Crippen LogP contribution in [0.4, 0.5) is 4.79 Å². The Hall–Kier alpha value is -2.61. The number of benzene rings is 1. The Bertz CT molecular complexity index is 1010. The van der Waals surface area contributed by atoms with Gasteiger partial charge in [0.25, 0.3) is 5.91 Å². The van der Waals surface area contributed by atoms with E-state index < -0.39 is 5.54 Å². The molecule has 1 aromatic heterocycles. The van der Waals surface area contributed by atoms with Crippen LogP contribution >= 0.6 is 0 Å². The second kappa shape index (κ2) is 5.95. The molecule has 1 spiro atoms. The molecule has 3 amide bonds. The van der Waals surface area contributed by atoms with Gasteiger partial charge in [0.15, 0.2) is 0 Å². The SMILES string of the molecule is Cc1cc2c(cc1CN1CCC3(CC1)NC(=O)N(C)C3=O)n(C)c(=O)n2C. The van der Waals surface area contributed by atoms with Crippen LogP contribution in [0.5, 0.6) is 0 Å². The lowest BCUT2D eigenvalue weighted by Gasteiger charge is -2.37. The number of amides is 3. The van der Waals surface area contributed by atoms with Crippen LogP contribution in [0.1, 0.15) is 24.0 Å². The molecule has 2 saturated heterocycles. The highest BCUT2D eigenvalue weighted by atomic mass is 16.2. The van der Waals surface area contributed by atoms with E-state index in [1.165, 1.54) is 17.5 Å². The molecule has 27 heavy (non-hydrogen) atoms. The molecule has 2 aromatic rings. The Labute approximate surface area is 157 Å². The molecule has 4 rings (SSSR count). The highest BCUT2D eigenvalue weighted by Gasteiger charge is 2.50. The molecule has 0 atom stereocenters. The van der Waals surface area contributed by atoms with E-state index in [0.717, 1.165) is 36.2 Å². The minimum atomic E-state index is -0.731. The molecule has 0 unspecified atom stereocenters. The number of carbonyl (C=O) groups is 2. The van der Waals surface area contributed by atoms with Crippen molar-refractivity contribution in [1.29, 1.82) is 0 Å². The number of likely N-dealkylation sites (N-methyl/N-ethyl adjacent to an activating group) is 1. The topological polar surface area (TPSA) is 79.6 Å². The smallest absolute Gasteiger partial charge is 0.323 e. The number of imide groups is 1. The summed E-state index contributed by atoms with van der Waals surface area (Å²) >= 11 is 0. The lowest BCUT2D eigenvalue weighted by molar-refractivity contribution is -0.132. The van der Waals surface area contributed by atoms with Gasteiger partial charge in [-0.25, -0.2) is 9.59 Å². The number of nitrogens with zero attached hydrogens (tertiary/aromatic N) is 4. The third kappa shape index (κ3) is 2.58. The number of piperidine rings is 1. The lowest BCUT2D eigenvalue weighted by atomic mass is 9.87. The number of likely N-dealkylation sites (tertiary alicyclic amines) is 1. The number of urea groups is 1. The number of aryl methyl sites for hydroxylation is 3. The van der Waals surface area contributed by atoms with Gasteiger partial charge < -0.3 is 5.32 Å². The average molecular weight is 371 g/mol. The first-order chi connectivity index (χ1) is 12.7. The van der Waals surface area contributed by atoms with E-state index >= 15 is 0 Å². The number of imidazole rings is 1. The van der Waals surface area contributed by atoms with Gasteiger partial charge in [0.1, 0.15) is 5.54 Å². The lowest BCUT2D eigenvalue weighted by Crippen LogP contribution is -2.54. The fourth-order valence-corrected chi connectivity index (χ4v) is 4.29. The van der Waals surface area contributed by atoms with Gasteiger partial charge in [-0.3, -0.25) is 23.7 Å². The molecule has 0 radical (unpaired) electrons. The van der Waals surface area contributed by atoms with Gasteiger partial charge in [-0.05, 0) is 43.0 Å². The van der Waals surface area contributed by atoms with E-state index in [4.69, 9.17) is 0 Å². The van der Waals surface area contributed by atoms with Crippen molar-refractivity contribution in [1.82, 2.24) is 24.3 Å². The van der Waals surface area contributed by atoms with E-state index in [0.29, 0.717) is 12.8 Å². The number of hydrogen-bond donors (Lipinski definition) is 1. The molecule has 8 nitrogen and oxygen atoms in total. The van der Waals surface area contributed by atoms with Crippen LogP contribution in [0, 0.1) is 6.92 Å². The Balaban J connectivity index is 1.54. The van der Waals surface area contributed by atoms with Crippen molar-refractivity contribution < 1.29 is 9.59 Å². The second-order valence-electron chi connectivity index (χ2n) is 7.82. The van der Waals surface area contributed by atoms with Crippen molar-refractivity contribution in [3.8, 4) is 0 Å². The highest BCUT2D eigenvalue weighted by molar-refractivity contribution is 6.06. The maximum Gasteiger partial charge on any atom is 0.328 e. The molecule has 2 fully saturated rings. The summed E-state index contributed by atoms with van der Waals surface area (Å²) in [5.74, 6) is -0.121. The van der Waals surface area contributed by atoms with Gasteiger partial charge >= 0.3 is 11.7 Å². The summed E-state index contributed by atoms with van der Waals surface area (Å²) < 4.78 is 3.34. The van der Waals surface area contributed by atoms with Crippen LogP contribution in [0.25, 0.3) is 11.0 Å². The summed E-state index contributed by atoms with van der Waals surface area (Å²) in [4.78, 5) is 39.9. The van der Waals surface area contributed by atoms with Crippen molar-refractivity contribution in [3.05, 3.63) is 33.7 Å². The minimum Gasteiger partial charge on any atom is -0.323 e. The molecule has 0 saturated carbocycles. The summed E-state index contributed by atoms with van der Waals surface area (Å²) in [5.41, 5.74) is 3.43. The van der Waals surface area contributed by atoms with Gasteiger partial charge in [0.2, 0.25) is 0 Å². The first-order valence-electron chi connectivity index (χ1n) is 9.21. The van der Waals surface area contributed by atoms with Crippen LogP contribution < -0.4 is 11.0 Å². The van der Waals surface area contributed by atoms with Crippen LogP contribution in [-0.4, -0.2) is 56.5 Å². The molecule has 1 aromatic carbocycles. The number of aromatic nitrogens is 2. The zero-order valence-corrected chi connectivity index (χ0v) is 16.2. The Morgan fingerprint density at radius 3 is 2.15 bits per heavy atom. The largest absolute Gasteiger partial charge is 0.328 e. The van der Waals surface area contributed by atoms with Crippen molar-refractivity contribution in [2.75, 3.05) is 20.1 Å². The Morgan fingerprint density at radius 2 is 1.59 bits per heavy atom. The van der Waals surface area contributed by atoms with Crippen LogP contribution in [-0.2, 0) is 25.4 Å². The molecule has 2 aliphatic rings. The first-order valence-corrected chi connectivity index (χ1v) is 9.21. The van der Waals surface area contributed by atoms with Gasteiger partial charge in [0, 0.05) is 40.8 Å². The quantitative estimate of drug-likeness (QED) is 0.789. The van der Waals surface area contributed by atoms with Crippen LogP contribution in [0.2, 0.25) is 0 Å². The molecule has 2 aliphatic heterocycles.